The van der Waals surface area contributed by atoms with Crippen molar-refractivity contribution in [1.82, 2.24) is 5.32 Å². The highest BCUT2D eigenvalue weighted by atomic mass is 79.9. The molecule has 0 bridgehead atoms. The molecule has 5 heteroatoms. The lowest BCUT2D eigenvalue weighted by atomic mass is 10.1. The third-order valence-corrected chi connectivity index (χ3v) is 4.38. The standard InChI is InChI=1S/C21H26BrNO3/c1-3-15-25-20-9-5-4-7-17(20)8-6-14-23-21(24)16(2)26-19-12-10-18(22)11-13-19/h4-5,7,9-13,16H,3,6,8,14-15H2,1-2H3,(H,23,24). The monoisotopic (exact) mass is 419 g/mol. The molecule has 2 aromatic carbocycles. The molecule has 2 rings (SSSR count). The Hall–Kier alpha value is -2.01. The first-order chi connectivity index (χ1) is 12.6. The van der Waals surface area contributed by atoms with Crippen LogP contribution in [-0.2, 0) is 11.2 Å². The quantitative estimate of drug-likeness (QED) is 0.564. The molecule has 0 heterocycles. The summed E-state index contributed by atoms with van der Waals surface area (Å²) in [5.41, 5.74) is 1.18. The molecule has 0 aliphatic heterocycles. The van der Waals surface area contributed by atoms with E-state index >= 15 is 0 Å². The first-order valence-electron chi connectivity index (χ1n) is 9.00. The molecule has 0 saturated heterocycles. The van der Waals surface area contributed by atoms with E-state index in [1.807, 2.05) is 42.5 Å². The van der Waals surface area contributed by atoms with Gasteiger partial charge in [-0.1, -0.05) is 41.1 Å². The summed E-state index contributed by atoms with van der Waals surface area (Å²) in [6, 6.07) is 15.5. The molecule has 0 spiro atoms. The summed E-state index contributed by atoms with van der Waals surface area (Å²) >= 11 is 3.38. The largest absolute Gasteiger partial charge is 0.493 e. The Kier molecular flexibility index (Phi) is 8.48. The fraction of sp³-hybridized carbons (Fsp3) is 0.381. The summed E-state index contributed by atoms with van der Waals surface area (Å²) in [7, 11) is 0. The van der Waals surface area contributed by atoms with Crippen molar-refractivity contribution in [1.29, 1.82) is 0 Å². The predicted octanol–water partition coefficient (Wildman–Crippen LogP) is 4.75. The number of aryl methyl sites for hydroxylation is 1. The molecular formula is C21H26BrNO3. The van der Waals surface area contributed by atoms with Crippen LogP contribution in [0.1, 0.15) is 32.3 Å². The van der Waals surface area contributed by atoms with Crippen molar-refractivity contribution in [3.8, 4) is 11.5 Å². The molecule has 0 radical (unpaired) electrons. The zero-order valence-corrected chi connectivity index (χ0v) is 16.9. The Morgan fingerprint density at radius 1 is 1.15 bits per heavy atom. The van der Waals surface area contributed by atoms with Crippen molar-refractivity contribution >= 4 is 21.8 Å². The van der Waals surface area contributed by atoms with Crippen molar-refractivity contribution in [3.63, 3.8) is 0 Å². The number of rotatable bonds is 10. The van der Waals surface area contributed by atoms with E-state index in [0.29, 0.717) is 12.3 Å². The van der Waals surface area contributed by atoms with Gasteiger partial charge in [0.25, 0.3) is 5.91 Å². The van der Waals surface area contributed by atoms with Crippen molar-refractivity contribution in [2.75, 3.05) is 13.2 Å². The van der Waals surface area contributed by atoms with Crippen LogP contribution >= 0.6 is 15.9 Å². The van der Waals surface area contributed by atoms with E-state index in [-0.39, 0.29) is 5.91 Å². The number of halogens is 1. The lowest BCUT2D eigenvalue weighted by Crippen LogP contribution is -2.36. The van der Waals surface area contributed by atoms with Crippen molar-refractivity contribution in [3.05, 3.63) is 58.6 Å². The fourth-order valence-corrected chi connectivity index (χ4v) is 2.73. The zero-order valence-electron chi connectivity index (χ0n) is 15.3. The normalized spacial score (nSPS) is 11.7. The highest BCUT2D eigenvalue weighted by molar-refractivity contribution is 9.10. The van der Waals surface area contributed by atoms with Gasteiger partial charge in [-0.05, 0) is 62.1 Å². The van der Waals surface area contributed by atoms with E-state index in [4.69, 9.17) is 9.47 Å². The van der Waals surface area contributed by atoms with Gasteiger partial charge in [0.1, 0.15) is 11.5 Å². The SMILES string of the molecule is CCCOc1ccccc1CCCNC(=O)C(C)Oc1ccc(Br)cc1. The smallest absolute Gasteiger partial charge is 0.260 e. The molecule has 1 unspecified atom stereocenters. The molecular weight excluding hydrogens is 394 g/mol. The highest BCUT2D eigenvalue weighted by Crippen LogP contribution is 2.20. The number of hydrogen-bond acceptors (Lipinski definition) is 3. The van der Waals surface area contributed by atoms with E-state index in [1.165, 1.54) is 5.56 Å². The molecule has 26 heavy (non-hydrogen) atoms. The van der Waals surface area contributed by atoms with E-state index in [1.54, 1.807) is 6.92 Å². The average Bonchev–Trinajstić information content (AvgIpc) is 2.66. The first kappa shape index (κ1) is 20.3. The van der Waals surface area contributed by atoms with Gasteiger partial charge in [0.05, 0.1) is 6.61 Å². The molecule has 4 nitrogen and oxygen atoms in total. The Morgan fingerprint density at radius 3 is 2.62 bits per heavy atom. The van der Waals surface area contributed by atoms with E-state index < -0.39 is 6.10 Å². The van der Waals surface area contributed by atoms with Gasteiger partial charge in [-0.25, -0.2) is 0 Å². The van der Waals surface area contributed by atoms with Gasteiger partial charge in [0, 0.05) is 11.0 Å². The van der Waals surface area contributed by atoms with Crippen LogP contribution in [0.2, 0.25) is 0 Å². The van der Waals surface area contributed by atoms with Crippen molar-refractivity contribution in [2.24, 2.45) is 0 Å². The van der Waals surface area contributed by atoms with Gasteiger partial charge >= 0.3 is 0 Å². The number of amides is 1. The lowest BCUT2D eigenvalue weighted by molar-refractivity contribution is -0.127. The number of carbonyl (C=O) groups is 1. The van der Waals surface area contributed by atoms with Crippen LogP contribution < -0.4 is 14.8 Å². The molecule has 1 N–H and O–H groups in total. The van der Waals surface area contributed by atoms with Crippen LogP contribution in [0, 0.1) is 0 Å². The van der Waals surface area contributed by atoms with Gasteiger partial charge in [0.2, 0.25) is 0 Å². The second-order valence-corrected chi connectivity index (χ2v) is 6.98. The summed E-state index contributed by atoms with van der Waals surface area (Å²) in [6.45, 7) is 5.18. The lowest BCUT2D eigenvalue weighted by Gasteiger charge is -2.15. The summed E-state index contributed by atoms with van der Waals surface area (Å²) in [5.74, 6) is 1.51. The van der Waals surface area contributed by atoms with E-state index in [9.17, 15) is 4.79 Å². The van der Waals surface area contributed by atoms with Gasteiger partial charge in [-0.2, -0.15) is 0 Å². The Balaban J connectivity index is 1.73. The van der Waals surface area contributed by atoms with Crippen molar-refractivity contribution in [2.45, 2.75) is 39.2 Å². The number of ether oxygens (including phenoxy) is 2. The third-order valence-electron chi connectivity index (χ3n) is 3.85. The number of carbonyl (C=O) groups excluding carboxylic acids is 1. The molecule has 0 aliphatic carbocycles. The van der Waals surface area contributed by atoms with Crippen molar-refractivity contribution < 1.29 is 14.3 Å². The van der Waals surface area contributed by atoms with E-state index in [2.05, 4.69) is 34.2 Å². The van der Waals surface area contributed by atoms with Crippen LogP contribution in [0.5, 0.6) is 11.5 Å². The van der Waals surface area contributed by atoms with Gasteiger partial charge in [-0.3, -0.25) is 4.79 Å². The van der Waals surface area contributed by atoms with Gasteiger partial charge in [0.15, 0.2) is 6.10 Å². The average molecular weight is 420 g/mol. The van der Waals surface area contributed by atoms with Crippen LogP contribution in [0.25, 0.3) is 0 Å². The zero-order chi connectivity index (χ0) is 18.8. The molecule has 0 saturated carbocycles. The van der Waals surface area contributed by atoms with Gasteiger partial charge in [-0.15, -0.1) is 0 Å². The van der Waals surface area contributed by atoms with Gasteiger partial charge < -0.3 is 14.8 Å². The molecule has 0 aliphatic rings. The topological polar surface area (TPSA) is 47.6 Å². The maximum atomic E-state index is 12.2. The number of nitrogens with one attached hydrogen (secondary N) is 1. The Morgan fingerprint density at radius 2 is 1.88 bits per heavy atom. The molecule has 1 amide bonds. The van der Waals surface area contributed by atoms with E-state index in [0.717, 1.165) is 36.1 Å². The predicted molar refractivity (Wildman–Crippen MR) is 108 cm³/mol. The Labute approximate surface area is 164 Å². The third kappa shape index (κ3) is 6.71. The molecule has 0 fully saturated rings. The van der Waals surface area contributed by atoms with Crippen LogP contribution in [0.15, 0.2) is 53.0 Å². The molecule has 2 aromatic rings. The summed E-state index contributed by atoms with van der Waals surface area (Å²) in [4.78, 5) is 12.2. The first-order valence-corrected chi connectivity index (χ1v) is 9.80. The number of benzene rings is 2. The summed E-state index contributed by atoms with van der Waals surface area (Å²) in [5, 5.41) is 2.93. The summed E-state index contributed by atoms with van der Waals surface area (Å²) in [6.07, 6.45) is 2.17. The maximum Gasteiger partial charge on any atom is 0.260 e. The number of hydrogen-bond donors (Lipinski definition) is 1. The highest BCUT2D eigenvalue weighted by Gasteiger charge is 2.14. The maximum absolute atomic E-state index is 12.2. The second kappa shape index (κ2) is 10.9. The second-order valence-electron chi connectivity index (χ2n) is 6.06. The molecule has 0 aromatic heterocycles. The minimum Gasteiger partial charge on any atom is -0.493 e. The number of para-hydroxylation sites is 1. The minimum absolute atomic E-state index is 0.108. The summed E-state index contributed by atoms with van der Waals surface area (Å²) < 4.78 is 12.4. The molecule has 1 atom stereocenters. The molecule has 140 valence electrons. The van der Waals surface area contributed by atoms with Crippen LogP contribution in [-0.4, -0.2) is 25.2 Å². The fourth-order valence-electron chi connectivity index (χ4n) is 2.47. The van der Waals surface area contributed by atoms with Crippen LogP contribution in [0.3, 0.4) is 0 Å². The Bertz CT molecular complexity index is 688. The minimum atomic E-state index is -0.531. The van der Waals surface area contributed by atoms with Crippen LogP contribution in [0.4, 0.5) is 0 Å².